The average molecular weight is 226 g/mol. The average Bonchev–Trinajstić information content (AvgIpc) is 2.12. The molecule has 0 atom stereocenters. The van der Waals surface area contributed by atoms with Gasteiger partial charge in [0.1, 0.15) is 5.60 Å². The van der Waals surface area contributed by atoms with E-state index in [4.69, 9.17) is 4.74 Å². The lowest BCUT2D eigenvalue weighted by Gasteiger charge is -2.19. The van der Waals surface area contributed by atoms with E-state index in [9.17, 15) is 9.59 Å². The molecular weight excluding hydrogens is 212 g/mol. The Morgan fingerprint density at radius 2 is 2.19 bits per heavy atom. The lowest BCUT2D eigenvalue weighted by atomic mass is 10.2. The van der Waals surface area contributed by atoms with E-state index in [1.165, 1.54) is 12.3 Å². The fourth-order valence-electron chi connectivity index (χ4n) is 0.848. The molecule has 1 amide bonds. The van der Waals surface area contributed by atoms with Crippen molar-refractivity contribution >= 4 is 12.0 Å². The van der Waals surface area contributed by atoms with E-state index in [1.807, 2.05) is 0 Å². The Kier molecular flexibility index (Phi) is 3.49. The van der Waals surface area contributed by atoms with E-state index in [1.54, 1.807) is 20.8 Å². The van der Waals surface area contributed by atoms with Gasteiger partial charge in [0.05, 0.1) is 0 Å². The van der Waals surface area contributed by atoms with Crippen molar-refractivity contribution in [3.05, 3.63) is 22.6 Å². The first-order valence-electron chi connectivity index (χ1n) is 4.67. The van der Waals surface area contributed by atoms with Crippen molar-refractivity contribution in [3.63, 3.8) is 0 Å². The molecule has 0 fully saturated rings. The second-order valence-electron chi connectivity index (χ2n) is 4.03. The molecular formula is C9H14N4O3. The Labute approximate surface area is 92.2 Å². The van der Waals surface area contributed by atoms with Crippen LogP contribution in [-0.2, 0) is 4.74 Å². The van der Waals surface area contributed by atoms with E-state index in [0.29, 0.717) is 0 Å². The lowest BCUT2D eigenvalue weighted by molar-refractivity contribution is 0.0540. The number of aromatic amines is 1. The normalized spacial score (nSPS) is 10.7. The number of nitrogens with one attached hydrogen (secondary N) is 3. The molecule has 7 nitrogen and oxygen atoms in total. The Hall–Kier alpha value is -2.05. The zero-order valence-electron chi connectivity index (χ0n) is 9.33. The fraction of sp³-hybridized carbons (Fsp3) is 0.444. The number of hydrogen-bond acceptors (Lipinski definition) is 5. The first kappa shape index (κ1) is 12.0. The Balaban J connectivity index is 2.46. The van der Waals surface area contributed by atoms with Gasteiger partial charge in [0, 0.05) is 12.3 Å². The van der Waals surface area contributed by atoms with Gasteiger partial charge in [-0.2, -0.15) is 0 Å². The Morgan fingerprint density at radius 1 is 1.50 bits per heavy atom. The first-order chi connectivity index (χ1) is 7.37. The number of aromatic nitrogens is 2. The summed E-state index contributed by atoms with van der Waals surface area (Å²) in [5.41, 5.74) is 3.76. The van der Waals surface area contributed by atoms with Crippen LogP contribution in [0.15, 0.2) is 17.1 Å². The Bertz CT molecular complexity index is 421. The summed E-state index contributed by atoms with van der Waals surface area (Å²) in [6.07, 6.45) is 0.664. The summed E-state index contributed by atoms with van der Waals surface area (Å²) in [4.78, 5) is 28.2. The maximum Gasteiger partial charge on any atom is 0.426 e. The number of hydrogen-bond donors (Lipinski definition) is 3. The first-order valence-corrected chi connectivity index (χ1v) is 4.67. The number of ether oxygens (including phenoxy) is 1. The summed E-state index contributed by atoms with van der Waals surface area (Å²) in [6, 6.07) is 1.26. The predicted molar refractivity (Wildman–Crippen MR) is 57.9 cm³/mol. The number of carbonyl (C=O) groups is 1. The van der Waals surface area contributed by atoms with Crippen molar-refractivity contribution < 1.29 is 9.53 Å². The molecule has 0 aliphatic rings. The Morgan fingerprint density at radius 3 is 2.75 bits per heavy atom. The molecule has 16 heavy (non-hydrogen) atoms. The van der Waals surface area contributed by atoms with Gasteiger partial charge in [-0.25, -0.2) is 15.2 Å². The quantitative estimate of drug-likeness (QED) is 0.642. The van der Waals surface area contributed by atoms with Crippen LogP contribution in [0.4, 0.5) is 10.7 Å². The van der Waals surface area contributed by atoms with Gasteiger partial charge < -0.3 is 4.74 Å². The van der Waals surface area contributed by atoms with Crippen LogP contribution < -0.4 is 16.4 Å². The number of hydrazine groups is 1. The molecule has 0 unspecified atom stereocenters. The number of carbonyl (C=O) groups excluding carboxylic acids is 1. The monoisotopic (exact) mass is 226 g/mol. The fourth-order valence-corrected chi connectivity index (χ4v) is 0.848. The molecule has 1 aromatic rings. The van der Waals surface area contributed by atoms with Crippen LogP contribution >= 0.6 is 0 Å². The minimum atomic E-state index is -0.654. The number of nitrogens with zero attached hydrogens (tertiary/aromatic N) is 1. The van der Waals surface area contributed by atoms with Crippen LogP contribution in [0.3, 0.4) is 0 Å². The maximum absolute atomic E-state index is 11.2. The molecule has 0 aliphatic carbocycles. The van der Waals surface area contributed by atoms with Gasteiger partial charge in [0.15, 0.2) is 0 Å². The van der Waals surface area contributed by atoms with E-state index >= 15 is 0 Å². The van der Waals surface area contributed by atoms with Crippen molar-refractivity contribution in [1.82, 2.24) is 15.4 Å². The molecule has 0 radical (unpaired) electrons. The zero-order chi connectivity index (χ0) is 12.2. The number of rotatable bonds is 2. The largest absolute Gasteiger partial charge is 0.443 e. The van der Waals surface area contributed by atoms with Gasteiger partial charge in [-0.3, -0.25) is 15.2 Å². The van der Waals surface area contributed by atoms with E-state index < -0.39 is 11.7 Å². The van der Waals surface area contributed by atoms with Gasteiger partial charge in [-0.05, 0) is 20.8 Å². The van der Waals surface area contributed by atoms with Gasteiger partial charge in [-0.1, -0.05) is 0 Å². The molecule has 0 saturated carbocycles. The summed E-state index contributed by atoms with van der Waals surface area (Å²) in [7, 11) is 0. The molecule has 0 spiro atoms. The van der Waals surface area contributed by atoms with Gasteiger partial charge in [0.25, 0.3) is 5.56 Å². The van der Waals surface area contributed by atoms with Crippen LogP contribution in [-0.4, -0.2) is 21.7 Å². The molecule has 0 aromatic carbocycles. The molecule has 0 bridgehead atoms. The summed E-state index contributed by atoms with van der Waals surface area (Å²) in [5.74, 6) is 0.137. The minimum absolute atomic E-state index is 0.137. The van der Waals surface area contributed by atoms with Gasteiger partial charge >= 0.3 is 6.09 Å². The van der Waals surface area contributed by atoms with Crippen LogP contribution in [0.5, 0.6) is 0 Å². The third-order valence-electron chi connectivity index (χ3n) is 1.35. The molecule has 7 heteroatoms. The van der Waals surface area contributed by atoms with Crippen molar-refractivity contribution in [2.75, 3.05) is 5.43 Å². The third kappa shape index (κ3) is 4.45. The maximum atomic E-state index is 11.2. The highest BCUT2D eigenvalue weighted by Crippen LogP contribution is 2.06. The molecule has 3 N–H and O–H groups in total. The highest BCUT2D eigenvalue weighted by molar-refractivity contribution is 5.68. The van der Waals surface area contributed by atoms with Crippen molar-refractivity contribution in [2.24, 2.45) is 0 Å². The van der Waals surface area contributed by atoms with Gasteiger partial charge in [0.2, 0.25) is 5.95 Å². The SMILES string of the molecule is CC(C)(C)OC(=O)NNc1nccc(=O)[nH]1. The molecule has 88 valence electrons. The highest BCUT2D eigenvalue weighted by atomic mass is 16.6. The summed E-state index contributed by atoms with van der Waals surface area (Å²) >= 11 is 0. The topological polar surface area (TPSA) is 96.1 Å². The van der Waals surface area contributed by atoms with E-state index in [0.717, 1.165) is 0 Å². The van der Waals surface area contributed by atoms with Crippen LogP contribution in [0.25, 0.3) is 0 Å². The smallest absolute Gasteiger partial charge is 0.426 e. The minimum Gasteiger partial charge on any atom is -0.443 e. The van der Waals surface area contributed by atoms with Crippen LogP contribution in [0.2, 0.25) is 0 Å². The van der Waals surface area contributed by atoms with E-state index in [-0.39, 0.29) is 11.5 Å². The molecule has 1 rings (SSSR count). The molecule has 1 heterocycles. The second-order valence-corrected chi connectivity index (χ2v) is 4.03. The molecule has 1 aromatic heterocycles. The van der Waals surface area contributed by atoms with E-state index in [2.05, 4.69) is 20.8 Å². The van der Waals surface area contributed by atoms with Crippen LogP contribution in [0.1, 0.15) is 20.8 Å². The van der Waals surface area contributed by atoms with Crippen LogP contribution in [0, 0.1) is 0 Å². The standard InChI is InChI=1S/C9H14N4O3/c1-9(2,3)16-8(15)13-12-7-10-5-4-6(14)11-7/h4-5H,1-3H3,(H,13,15)(H2,10,11,12,14). The number of amides is 1. The number of anilines is 1. The van der Waals surface area contributed by atoms with Gasteiger partial charge in [-0.15, -0.1) is 0 Å². The highest BCUT2D eigenvalue weighted by Gasteiger charge is 2.15. The summed E-state index contributed by atoms with van der Waals surface area (Å²) < 4.78 is 4.96. The van der Waals surface area contributed by atoms with Crippen molar-refractivity contribution in [3.8, 4) is 0 Å². The number of H-pyrrole nitrogens is 1. The summed E-state index contributed by atoms with van der Waals surface area (Å²) in [5, 5.41) is 0. The third-order valence-corrected chi connectivity index (χ3v) is 1.35. The molecule has 0 aliphatic heterocycles. The van der Waals surface area contributed by atoms with Crippen molar-refractivity contribution in [1.29, 1.82) is 0 Å². The van der Waals surface area contributed by atoms with Crippen molar-refractivity contribution in [2.45, 2.75) is 26.4 Å². The zero-order valence-corrected chi connectivity index (χ0v) is 9.33. The lowest BCUT2D eigenvalue weighted by Crippen LogP contribution is -2.36. The summed E-state index contributed by atoms with van der Waals surface area (Å²) in [6.45, 7) is 5.24. The molecule has 0 saturated heterocycles. The predicted octanol–water partition coefficient (Wildman–Crippen LogP) is 0.621. The second kappa shape index (κ2) is 4.65.